The SMILES string of the molecule is CCCCCCCCCC(=O)N(CC)N1CCC(c2noc3cc(F)ccc23)CC1.O=C(O)C=CC(=O)O. The highest BCUT2D eigenvalue weighted by atomic mass is 19.1. The molecule has 1 aromatic heterocycles. The van der Waals surface area contributed by atoms with Gasteiger partial charge < -0.3 is 14.7 Å². The Balaban J connectivity index is 0.000000550. The van der Waals surface area contributed by atoms with Crippen LogP contribution in [-0.4, -0.2) is 62.9 Å². The molecule has 0 atom stereocenters. The van der Waals surface area contributed by atoms with Gasteiger partial charge in [-0.15, -0.1) is 0 Å². The van der Waals surface area contributed by atoms with Crippen molar-refractivity contribution < 1.29 is 33.5 Å². The molecule has 2 aromatic rings. The number of carbonyl (C=O) groups is 3. The summed E-state index contributed by atoms with van der Waals surface area (Å²) in [5, 5.41) is 24.9. The van der Waals surface area contributed by atoms with Crippen LogP contribution in [0.1, 0.15) is 89.7 Å². The van der Waals surface area contributed by atoms with E-state index in [0.717, 1.165) is 49.9 Å². The lowest BCUT2D eigenvalue weighted by Gasteiger charge is -2.39. The summed E-state index contributed by atoms with van der Waals surface area (Å²) in [7, 11) is 0. The molecule has 38 heavy (non-hydrogen) atoms. The predicted octanol–water partition coefficient (Wildman–Crippen LogP) is 5.76. The van der Waals surface area contributed by atoms with Crippen LogP contribution >= 0.6 is 0 Å². The van der Waals surface area contributed by atoms with Gasteiger partial charge in [-0.2, -0.15) is 0 Å². The van der Waals surface area contributed by atoms with Crippen molar-refractivity contribution in [3.63, 3.8) is 0 Å². The molecule has 2 heterocycles. The summed E-state index contributed by atoms with van der Waals surface area (Å²) in [5.74, 6) is -2.30. The third-order valence-electron chi connectivity index (χ3n) is 6.61. The van der Waals surface area contributed by atoms with E-state index in [4.69, 9.17) is 14.7 Å². The Labute approximate surface area is 223 Å². The first kappa shape index (κ1) is 31.0. The standard InChI is InChI=1S/C24H36FN3O2.C4H4O4/c1-3-5-6-7-8-9-10-11-23(29)28(4-2)27-16-14-19(15-17-27)24-21-13-12-20(25)18-22(21)30-26-24;5-3(6)1-2-4(7)8/h12-13,18-19H,3-11,14-17H2,1-2H3;1-2H,(H,5,6)(H,7,8). The Kier molecular flexibility index (Phi) is 13.5. The van der Waals surface area contributed by atoms with Crippen molar-refractivity contribution >= 4 is 28.8 Å². The number of rotatable bonds is 13. The molecule has 1 aromatic carbocycles. The number of piperidine rings is 1. The molecule has 1 fully saturated rings. The second-order valence-electron chi connectivity index (χ2n) is 9.43. The molecular weight excluding hydrogens is 493 g/mol. The number of aromatic nitrogens is 1. The molecule has 9 nitrogen and oxygen atoms in total. The smallest absolute Gasteiger partial charge is 0.328 e. The van der Waals surface area contributed by atoms with Gasteiger partial charge in [0.25, 0.3) is 0 Å². The molecule has 10 heteroatoms. The van der Waals surface area contributed by atoms with E-state index in [0.29, 0.717) is 30.7 Å². The van der Waals surface area contributed by atoms with Gasteiger partial charge in [0.2, 0.25) is 5.91 Å². The van der Waals surface area contributed by atoms with Gasteiger partial charge in [0.15, 0.2) is 5.58 Å². The molecule has 0 aliphatic carbocycles. The minimum absolute atomic E-state index is 0.242. The maximum atomic E-state index is 13.4. The van der Waals surface area contributed by atoms with Crippen molar-refractivity contribution in [1.29, 1.82) is 0 Å². The van der Waals surface area contributed by atoms with Gasteiger partial charge in [-0.05, 0) is 38.3 Å². The first-order valence-corrected chi connectivity index (χ1v) is 13.5. The molecule has 0 unspecified atom stereocenters. The van der Waals surface area contributed by atoms with Crippen LogP contribution in [0.3, 0.4) is 0 Å². The Hall–Kier alpha value is -3.27. The normalized spacial score (nSPS) is 14.4. The Bertz CT molecular complexity index is 1050. The van der Waals surface area contributed by atoms with Crippen LogP contribution in [0.4, 0.5) is 4.39 Å². The quantitative estimate of drug-likeness (QED) is 0.246. The lowest BCUT2D eigenvalue weighted by atomic mass is 9.92. The number of carbonyl (C=O) groups excluding carboxylic acids is 1. The number of amides is 1. The Morgan fingerprint density at radius 1 is 1.03 bits per heavy atom. The number of carboxylic acids is 2. The number of aliphatic carboxylic acids is 2. The third kappa shape index (κ3) is 10.2. The summed E-state index contributed by atoms with van der Waals surface area (Å²) >= 11 is 0. The number of halogens is 1. The number of benzene rings is 1. The maximum absolute atomic E-state index is 13.4. The maximum Gasteiger partial charge on any atom is 0.328 e. The van der Waals surface area contributed by atoms with Crippen LogP contribution in [0, 0.1) is 5.82 Å². The minimum atomic E-state index is -1.26. The van der Waals surface area contributed by atoms with Crippen LogP contribution in [0.2, 0.25) is 0 Å². The molecule has 1 aliphatic heterocycles. The van der Waals surface area contributed by atoms with E-state index in [1.54, 1.807) is 6.07 Å². The average Bonchev–Trinajstić information content (AvgIpc) is 3.31. The lowest BCUT2D eigenvalue weighted by molar-refractivity contribution is -0.151. The van der Waals surface area contributed by atoms with Crippen LogP contribution in [0.5, 0.6) is 0 Å². The number of carboxylic acid groups (broad SMARTS) is 2. The van der Waals surface area contributed by atoms with E-state index >= 15 is 0 Å². The number of unbranched alkanes of at least 4 members (excludes halogenated alkanes) is 6. The van der Waals surface area contributed by atoms with E-state index in [2.05, 4.69) is 24.0 Å². The van der Waals surface area contributed by atoms with Crippen molar-refractivity contribution in [3.05, 3.63) is 41.9 Å². The molecular formula is C28H40FN3O6. The Morgan fingerprint density at radius 2 is 1.63 bits per heavy atom. The summed E-state index contributed by atoms with van der Waals surface area (Å²) < 4.78 is 18.7. The van der Waals surface area contributed by atoms with E-state index in [1.807, 2.05) is 5.01 Å². The second kappa shape index (κ2) is 16.5. The van der Waals surface area contributed by atoms with Crippen LogP contribution < -0.4 is 0 Å². The van der Waals surface area contributed by atoms with Crippen molar-refractivity contribution in [2.75, 3.05) is 19.6 Å². The van der Waals surface area contributed by atoms with Crippen molar-refractivity contribution in [2.24, 2.45) is 0 Å². The molecule has 1 saturated heterocycles. The van der Waals surface area contributed by atoms with E-state index < -0.39 is 11.9 Å². The first-order chi connectivity index (χ1) is 18.3. The topological polar surface area (TPSA) is 124 Å². The van der Waals surface area contributed by atoms with Crippen LogP contribution in [0.15, 0.2) is 34.9 Å². The number of hydrogen-bond acceptors (Lipinski definition) is 6. The average molecular weight is 534 g/mol. The molecule has 0 saturated carbocycles. The molecule has 0 bridgehead atoms. The summed E-state index contributed by atoms with van der Waals surface area (Å²) in [6, 6.07) is 4.61. The highest BCUT2D eigenvalue weighted by Crippen LogP contribution is 2.33. The van der Waals surface area contributed by atoms with E-state index in [9.17, 15) is 18.8 Å². The number of hydrogen-bond donors (Lipinski definition) is 2. The summed E-state index contributed by atoms with van der Waals surface area (Å²) in [5.41, 5.74) is 1.43. The monoisotopic (exact) mass is 533 g/mol. The lowest BCUT2D eigenvalue weighted by Crippen LogP contribution is -2.49. The van der Waals surface area contributed by atoms with Gasteiger partial charge in [-0.3, -0.25) is 9.80 Å². The molecule has 3 rings (SSSR count). The first-order valence-electron chi connectivity index (χ1n) is 13.5. The van der Waals surface area contributed by atoms with Crippen molar-refractivity contribution in [1.82, 2.24) is 15.2 Å². The predicted molar refractivity (Wildman–Crippen MR) is 142 cm³/mol. The summed E-state index contributed by atoms with van der Waals surface area (Å²) in [6.07, 6.45) is 12.2. The van der Waals surface area contributed by atoms with Gasteiger partial charge in [0.05, 0.1) is 5.69 Å². The molecule has 210 valence electrons. The molecule has 1 amide bonds. The zero-order valence-corrected chi connectivity index (χ0v) is 22.4. The molecule has 0 spiro atoms. The van der Waals surface area contributed by atoms with Gasteiger partial charge >= 0.3 is 11.9 Å². The second-order valence-corrected chi connectivity index (χ2v) is 9.43. The number of fused-ring (bicyclic) bond motifs is 1. The van der Waals surface area contributed by atoms with Crippen molar-refractivity contribution in [2.45, 2.75) is 84.0 Å². The third-order valence-corrected chi connectivity index (χ3v) is 6.61. The molecule has 1 aliphatic rings. The molecule has 2 N–H and O–H groups in total. The highest BCUT2D eigenvalue weighted by molar-refractivity contribution is 5.89. The fraction of sp³-hybridized carbons (Fsp3) is 0.571. The zero-order valence-electron chi connectivity index (χ0n) is 22.4. The fourth-order valence-electron chi connectivity index (χ4n) is 4.65. The molecule has 0 radical (unpaired) electrons. The van der Waals surface area contributed by atoms with E-state index in [-0.39, 0.29) is 17.6 Å². The largest absolute Gasteiger partial charge is 0.478 e. The summed E-state index contributed by atoms with van der Waals surface area (Å²) in [4.78, 5) is 31.9. The number of nitrogens with zero attached hydrogens (tertiary/aromatic N) is 3. The fourth-order valence-corrected chi connectivity index (χ4v) is 4.65. The van der Waals surface area contributed by atoms with Gasteiger partial charge in [-0.25, -0.2) is 19.0 Å². The number of hydrazine groups is 1. The van der Waals surface area contributed by atoms with E-state index in [1.165, 1.54) is 44.2 Å². The van der Waals surface area contributed by atoms with Crippen LogP contribution in [-0.2, 0) is 14.4 Å². The summed E-state index contributed by atoms with van der Waals surface area (Å²) in [6.45, 7) is 6.66. The van der Waals surface area contributed by atoms with Crippen molar-refractivity contribution in [3.8, 4) is 0 Å². The Morgan fingerprint density at radius 3 is 2.21 bits per heavy atom. The zero-order chi connectivity index (χ0) is 27.9. The van der Waals surface area contributed by atoms with Gasteiger partial charge in [0, 0.05) is 55.6 Å². The van der Waals surface area contributed by atoms with Gasteiger partial charge in [0.1, 0.15) is 5.82 Å². The minimum Gasteiger partial charge on any atom is -0.478 e. The van der Waals surface area contributed by atoms with Crippen LogP contribution in [0.25, 0.3) is 11.0 Å². The van der Waals surface area contributed by atoms with Gasteiger partial charge in [-0.1, -0.05) is 50.6 Å². The highest BCUT2D eigenvalue weighted by Gasteiger charge is 2.29.